The van der Waals surface area contributed by atoms with Gasteiger partial charge in [0.25, 0.3) is 0 Å². The van der Waals surface area contributed by atoms with Gasteiger partial charge in [-0.1, -0.05) is 30.3 Å². The van der Waals surface area contributed by atoms with Gasteiger partial charge in [0, 0.05) is 37.0 Å². The number of rotatable bonds is 5. The number of amides is 1. The molecule has 2 aliphatic rings. The molecule has 4 rings (SSSR count). The standard InChI is InChI=1S/C22H28N2OS/c1-23(22(25)11-10-21-9-5-13-26-21)19-8-4-12-24(16-19)20-14-17-6-2-3-7-18(17)15-20/h2-3,5-7,9,13,19-20H,4,8,10-12,14-16H2,1H3. The average molecular weight is 369 g/mol. The molecule has 2 heterocycles. The van der Waals surface area contributed by atoms with Crippen molar-refractivity contribution in [2.45, 2.75) is 50.6 Å². The molecule has 138 valence electrons. The van der Waals surface area contributed by atoms with E-state index >= 15 is 0 Å². The fourth-order valence-corrected chi connectivity index (χ4v) is 5.20. The number of benzene rings is 1. The van der Waals surface area contributed by atoms with Crippen molar-refractivity contribution in [1.29, 1.82) is 0 Å². The summed E-state index contributed by atoms with van der Waals surface area (Å²) < 4.78 is 0. The molecule has 0 radical (unpaired) electrons. The summed E-state index contributed by atoms with van der Waals surface area (Å²) in [4.78, 5) is 18.6. The van der Waals surface area contributed by atoms with Gasteiger partial charge in [0.2, 0.25) is 5.91 Å². The van der Waals surface area contributed by atoms with Crippen LogP contribution in [-0.4, -0.2) is 47.9 Å². The largest absolute Gasteiger partial charge is 0.341 e. The van der Waals surface area contributed by atoms with Gasteiger partial charge in [-0.3, -0.25) is 9.69 Å². The van der Waals surface area contributed by atoms with Crippen LogP contribution < -0.4 is 0 Å². The highest BCUT2D eigenvalue weighted by atomic mass is 32.1. The van der Waals surface area contributed by atoms with E-state index in [-0.39, 0.29) is 0 Å². The molecule has 1 aliphatic heterocycles. The van der Waals surface area contributed by atoms with Gasteiger partial charge in [0.15, 0.2) is 0 Å². The van der Waals surface area contributed by atoms with Crippen molar-refractivity contribution in [2.75, 3.05) is 20.1 Å². The van der Waals surface area contributed by atoms with Crippen molar-refractivity contribution in [3.63, 3.8) is 0 Å². The second kappa shape index (κ2) is 7.93. The molecule has 1 amide bonds. The van der Waals surface area contributed by atoms with E-state index < -0.39 is 0 Å². The van der Waals surface area contributed by atoms with Gasteiger partial charge >= 0.3 is 0 Å². The molecule has 1 fully saturated rings. The summed E-state index contributed by atoms with van der Waals surface area (Å²) in [5.74, 6) is 0.292. The third-order valence-corrected chi connectivity index (χ3v) is 7.02. The van der Waals surface area contributed by atoms with Crippen LogP contribution in [0.1, 0.15) is 35.3 Å². The maximum absolute atomic E-state index is 12.7. The first kappa shape index (κ1) is 17.7. The number of thiophene rings is 1. The van der Waals surface area contributed by atoms with E-state index in [4.69, 9.17) is 0 Å². The van der Waals surface area contributed by atoms with Gasteiger partial charge in [-0.05, 0) is 61.2 Å². The minimum Gasteiger partial charge on any atom is -0.341 e. The Kier molecular flexibility index (Phi) is 5.41. The van der Waals surface area contributed by atoms with Crippen LogP contribution in [0.2, 0.25) is 0 Å². The Hall–Kier alpha value is -1.65. The van der Waals surface area contributed by atoms with Crippen LogP contribution in [0.15, 0.2) is 41.8 Å². The molecular weight excluding hydrogens is 340 g/mol. The summed E-state index contributed by atoms with van der Waals surface area (Å²) in [6.07, 6.45) is 6.16. The molecule has 1 aliphatic carbocycles. The SMILES string of the molecule is CN(C(=O)CCc1cccs1)C1CCCN(C2Cc3ccccc3C2)C1. The first-order valence-electron chi connectivity index (χ1n) is 9.79. The normalized spacial score (nSPS) is 20.9. The van der Waals surface area contributed by atoms with Crippen LogP contribution in [0.3, 0.4) is 0 Å². The smallest absolute Gasteiger partial charge is 0.222 e. The highest BCUT2D eigenvalue weighted by molar-refractivity contribution is 7.09. The van der Waals surface area contributed by atoms with Crippen molar-refractivity contribution >= 4 is 17.2 Å². The van der Waals surface area contributed by atoms with Gasteiger partial charge < -0.3 is 4.90 Å². The molecule has 0 N–H and O–H groups in total. The predicted octanol–water partition coefficient (Wildman–Crippen LogP) is 3.77. The lowest BCUT2D eigenvalue weighted by Crippen LogP contribution is -2.51. The number of hydrogen-bond acceptors (Lipinski definition) is 3. The number of carbonyl (C=O) groups is 1. The minimum atomic E-state index is 0.292. The lowest BCUT2D eigenvalue weighted by atomic mass is 10.0. The Labute approximate surface area is 160 Å². The summed E-state index contributed by atoms with van der Waals surface area (Å²) in [5.41, 5.74) is 3.03. The average Bonchev–Trinajstić information content (AvgIpc) is 3.35. The number of aryl methyl sites for hydroxylation is 1. The molecule has 1 atom stereocenters. The maximum atomic E-state index is 12.7. The Bertz CT molecular complexity index is 717. The van der Waals surface area contributed by atoms with Crippen molar-refractivity contribution in [2.24, 2.45) is 0 Å². The Morgan fingerprint density at radius 2 is 1.96 bits per heavy atom. The number of likely N-dealkylation sites (N-methyl/N-ethyl adjacent to an activating group) is 1. The molecule has 0 saturated carbocycles. The highest BCUT2D eigenvalue weighted by Crippen LogP contribution is 2.28. The molecule has 2 aromatic rings. The van der Waals surface area contributed by atoms with Crippen LogP contribution >= 0.6 is 11.3 Å². The molecule has 1 aromatic heterocycles. The van der Waals surface area contributed by atoms with Gasteiger partial charge in [-0.2, -0.15) is 0 Å². The molecule has 3 nitrogen and oxygen atoms in total. The van der Waals surface area contributed by atoms with E-state index in [9.17, 15) is 4.79 Å². The van der Waals surface area contributed by atoms with Crippen LogP contribution in [0, 0.1) is 0 Å². The Morgan fingerprint density at radius 1 is 1.19 bits per heavy atom. The second-order valence-electron chi connectivity index (χ2n) is 7.71. The molecule has 4 heteroatoms. The van der Waals surface area contributed by atoms with E-state index in [1.165, 1.54) is 41.8 Å². The van der Waals surface area contributed by atoms with Gasteiger partial charge in [-0.15, -0.1) is 11.3 Å². The van der Waals surface area contributed by atoms with E-state index in [1.807, 2.05) is 11.9 Å². The second-order valence-corrected chi connectivity index (χ2v) is 8.74. The zero-order chi connectivity index (χ0) is 17.9. The topological polar surface area (TPSA) is 23.6 Å². The lowest BCUT2D eigenvalue weighted by molar-refractivity contribution is -0.133. The molecular formula is C22H28N2OS. The van der Waals surface area contributed by atoms with Crippen molar-refractivity contribution in [3.05, 3.63) is 57.8 Å². The maximum Gasteiger partial charge on any atom is 0.222 e. The number of nitrogens with zero attached hydrogens (tertiary/aromatic N) is 2. The number of hydrogen-bond donors (Lipinski definition) is 0. The highest BCUT2D eigenvalue weighted by Gasteiger charge is 2.32. The third kappa shape index (κ3) is 3.86. The number of carbonyl (C=O) groups excluding carboxylic acids is 1. The first-order chi connectivity index (χ1) is 12.7. The van der Waals surface area contributed by atoms with E-state index in [0.29, 0.717) is 24.4 Å². The molecule has 1 saturated heterocycles. The number of piperidine rings is 1. The van der Waals surface area contributed by atoms with Crippen molar-refractivity contribution in [3.8, 4) is 0 Å². The van der Waals surface area contributed by atoms with Crippen LogP contribution in [0.4, 0.5) is 0 Å². The van der Waals surface area contributed by atoms with Gasteiger partial charge in [0.1, 0.15) is 0 Å². The zero-order valence-electron chi connectivity index (χ0n) is 15.6. The summed E-state index contributed by atoms with van der Waals surface area (Å²) in [6, 6.07) is 14.0. The van der Waals surface area contributed by atoms with Crippen LogP contribution in [0.25, 0.3) is 0 Å². The summed E-state index contributed by atoms with van der Waals surface area (Å²) in [5, 5.41) is 2.09. The van der Waals surface area contributed by atoms with Crippen LogP contribution in [-0.2, 0) is 24.1 Å². The van der Waals surface area contributed by atoms with Crippen molar-refractivity contribution in [1.82, 2.24) is 9.80 Å². The molecule has 0 bridgehead atoms. The number of likely N-dealkylation sites (tertiary alicyclic amines) is 1. The monoisotopic (exact) mass is 368 g/mol. The Balaban J connectivity index is 1.32. The summed E-state index contributed by atoms with van der Waals surface area (Å²) in [7, 11) is 2.01. The molecule has 1 unspecified atom stereocenters. The molecule has 26 heavy (non-hydrogen) atoms. The summed E-state index contributed by atoms with van der Waals surface area (Å²) in [6.45, 7) is 2.20. The quantitative estimate of drug-likeness (QED) is 0.802. The lowest BCUT2D eigenvalue weighted by Gasteiger charge is -2.40. The fraction of sp³-hybridized carbons (Fsp3) is 0.500. The first-order valence-corrected chi connectivity index (χ1v) is 10.7. The van der Waals surface area contributed by atoms with E-state index in [0.717, 1.165) is 19.4 Å². The predicted molar refractivity (Wildman–Crippen MR) is 108 cm³/mol. The Morgan fingerprint density at radius 3 is 2.65 bits per heavy atom. The fourth-order valence-electron chi connectivity index (χ4n) is 4.49. The number of fused-ring (bicyclic) bond motifs is 1. The summed E-state index contributed by atoms with van der Waals surface area (Å²) >= 11 is 1.74. The third-order valence-electron chi connectivity index (χ3n) is 6.08. The van der Waals surface area contributed by atoms with E-state index in [2.05, 4.69) is 46.7 Å². The minimum absolute atomic E-state index is 0.292. The van der Waals surface area contributed by atoms with Gasteiger partial charge in [-0.25, -0.2) is 0 Å². The van der Waals surface area contributed by atoms with Crippen LogP contribution in [0.5, 0.6) is 0 Å². The molecule has 1 aromatic carbocycles. The van der Waals surface area contributed by atoms with Crippen molar-refractivity contribution < 1.29 is 4.79 Å². The van der Waals surface area contributed by atoms with Gasteiger partial charge in [0.05, 0.1) is 0 Å². The van der Waals surface area contributed by atoms with E-state index in [1.54, 1.807) is 11.3 Å². The zero-order valence-corrected chi connectivity index (χ0v) is 16.4. The molecule has 0 spiro atoms.